The first-order valence-corrected chi connectivity index (χ1v) is 5.37. The van der Waals surface area contributed by atoms with Crippen LogP contribution in [-0.4, -0.2) is 17.9 Å². The molecule has 0 N–H and O–H groups in total. The fourth-order valence-corrected chi connectivity index (χ4v) is 1.34. The number of unbranched alkanes of at least 4 members (excludes halogenated alkanes) is 5. The van der Waals surface area contributed by atoms with E-state index >= 15 is 0 Å². The van der Waals surface area contributed by atoms with Crippen LogP contribution >= 0.6 is 11.6 Å². The van der Waals surface area contributed by atoms with Gasteiger partial charge in [-0.25, -0.2) is 9.79 Å². The maximum absolute atomic E-state index is 10.4. The number of halogens is 1. The van der Waals surface area contributed by atoms with E-state index in [0.717, 1.165) is 38.5 Å². The smallest absolute Gasteiger partial charge is 0.234 e. The van der Waals surface area contributed by atoms with Gasteiger partial charge >= 0.3 is 0 Å². The molecule has 0 saturated heterocycles. The van der Waals surface area contributed by atoms with Crippen LogP contribution < -0.4 is 0 Å². The van der Waals surface area contributed by atoms with Crippen LogP contribution in [0.2, 0.25) is 0 Å². The summed E-state index contributed by atoms with van der Waals surface area (Å²) in [6, 6.07) is 0. The fourth-order valence-electron chi connectivity index (χ4n) is 1.21. The maximum atomic E-state index is 10.4. The normalized spacial score (nSPS) is 9.50. The predicted octanol–water partition coefficient (Wildman–Crippen LogP) is 2.82. The lowest BCUT2D eigenvalue weighted by Crippen LogP contribution is -1.87. The van der Waals surface area contributed by atoms with Gasteiger partial charge in [0.25, 0.3) is 0 Å². The summed E-state index contributed by atoms with van der Waals surface area (Å²) in [6.45, 7) is 0.587. The van der Waals surface area contributed by atoms with Crippen LogP contribution in [0.15, 0.2) is 4.99 Å². The van der Waals surface area contributed by atoms with Crippen LogP contribution in [-0.2, 0) is 9.59 Å². The Bertz CT molecular complexity index is 192. The van der Waals surface area contributed by atoms with Crippen molar-refractivity contribution in [2.24, 2.45) is 4.99 Å². The van der Waals surface area contributed by atoms with Gasteiger partial charge in [-0.1, -0.05) is 25.7 Å². The first-order valence-electron chi connectivity index (χ1n) is 4.99. The highest BCUT2D eigenvalue weighted by molar-refractivity contribution is 6.63. The molecule has 0 amide bonds. The van der Waals surface area contributed by atoms with Crippen LogP contribution in [0.1, 0.15) is 44.9 Å². The van der Waals surface area contributed by atoms with Gasteiger partial charge in [0.05, 0.1) is 6.54 Å². The molecule has 4 heteroatoms. The Morgan fingerprint density at radius 1 is 1.07 bits per heavy atom. The zero-order chi connectivity index (χ0) is 10.6. The minimum Gasteiger partial charge on any atom is -0.281 e. The number of aliphatic imine (C=N–C) groups is 1. The molecule has 0 aromatic rings. The molecule has 0 aliphatic heterocycles. The van der Waals surface area contributed by atoms with Gasteiger partial charge in [0, 0.05) is 6.42 Å². The summed E-state index contributed by atoms with van der Waals surface area (Å²) >= 11 is 5.19. The molecule has 0 saturated carbocycles. The van der Waals surface area contributed by atoms with E-state index in [1.807, 2.05) is 0 Å². The zero-order valence-corrected chi connectivity index (χ0v) is 9.05. The summed E-state index contributed by atoms with van der Waals surface area (Å²) in [6.07, 6.45) is 8.21. The van der Waals surface area contributed by atoms with E-state index in [1.165, 1.54) is 6.08 Å². The largest absolute Gasteiger partial charge is 0.281 e. The summed E-state index contributed by atoms with van der Waals surface area (Å²) in [4.78, 5) is 23.5. The molecule has 3 nitrogen and oxygen atoms in total. The minimum atomic E-state index is -0.245. The first-order chi connectivity index (χ1) is 6.77. The molecule has 0 aromatic heterocycles. The molecule has 0 bridgehead atoms. The van der Waals surface area contributed by atoms with Gasteiger partial charge < -0.3 is 0 Å². The van der Waals surface area contributed by atoms with Crippen LogP contribution in [0.3, 0.4) is 0 Å². The number of hydrogen-bond acceptors (Lipinski definition) is 3. The highest BCUT2D eigenvalue weighted by Gasteiger charge is 1.95. The van der Waals surface area contributed by atoms with Crippen LogP contribution in [0.5, 0.6) is 0 Å². The number of carbonyl (C=O) groups excluding carboxylic acids is 2. The molecule has 0 atom stereocenters. The van der Waals surface area contributed by atoms with Crippen molar-refractivity contribution in [2.45, 2.75) is 44.9 Å². The molecule has 0 rings (SSSR count). The average Bonchev–Trinajstić information content (AvgIpc) is 2.15. The monoisotopic (exact) mass is 217 g/mol. The SMILES string of the molecule is O=C=NCCCCCCCCC(=O)Cl. The Morgan fingerprint density at radius 2 is 1.64 bits per heavy atom. The van der Waals surface area contributed by atoms with Crippen molar-refractivity contribution in [3.05, 3.63) is 0 Å². The summed E-state index contributed by atoms with van der Waals surface area (Å²) in [5, 5.41) is -0.245. The molecule has 0 aliphatic carbocycles. The highest BCUT2D eigenvalue weighted by Crippen LogP contribution is 2.08. The lowest BCUT2D eigenvalue weighted by molar-refractivity contribution is -0.111. The van der Waals surface area contributed by atoms with Crippen LogP contribution in [0.25, 0.3) is 0 Å². The Labute approximate surface area is 89.5 Å². The Balaban J connectivity index is 2.99. The second-order valence-corrected chi connectivity index (χ2v) is 3.62. The Kier molecular flexibility index (Phi) is 9.93. The molecule has 0 radical (unpaired) electrons. The minimum absolute atomic E-state index is 0.245. The second-order valence-electron chi connectivity index (χ2n) is 3.20. The first kappa shape index (κ1) is 13.3. The van der Waals surface area contributed by atoms with Crippen molar-refractivity contribution < 1.29 is 9.59 Å². The molecule has 0 fully saturated rings. The van der Waals surface area contributed by atoms with Gasteiger partial charge in [-0.3, -0.25) is 4.79 Å². The summed E-state index contributed by atoms with van der Waals surface area (Å²) < 4.78 is 0. The van der Waals surface area contributed by atoms with Crippen LogP contribution in [0, 0.1) is 0 Å². The van der Waals surface area contributed by atoms with Gasteiger partial charge in [-0.15, -0.1) is 0 Å². The van der Waals surface area contributed by atoms with E-state index < -0.39 is 0 Å². The second kappa shape index (κ2) is 10.4. The lowest BCUT2D eigenvalue weighted by Gasteiger charge is -1.98. The van der Waals surface area contributed by atoms with Crippen molar-refractivity contribution in [1.29, 1.82) is 0 Å². The molecule has 80 valence electrons. The summed E-state index contributed by atoms with van der Waals surface area (Å²) in [5.74, 6) is 0. The summed E-state index contributed by atoms with van der Waals surface area (Å²) in [7, 11) is 0. The van der Waals surface area contributed by atoms with Crippen LogP contribution in [0.4, 0.5) is 0 Å². The third-order valence-electron chi connectivity index (χ3n) is 1.96. The highest BCUT2D eigenvalue weighted by atomic mass is 35.5. The third-order valence-corrected chi connectivity index (χ3v) is 2.15. The molecule has 0 aromatic carbocycles. The average molecular weight is 218 g/mol. The van der Waals surface area contributed by atoms with Gasteiger partial charge in [0.1, 0.15) is 0 Å². The van der Waals surface area contributed by atoms with Crippen molar-refractivity contribution in [3.8, 4) is 0 Å². The molecule has 0 spiro atoms. The fraction of sp³-hybridized carbons (Fsp3) is 0.800. The number of isocyanates is 1. The van der Waals surface area contributed by atoms with Gasteiger partial charge in [0.2, 0.25) is 11.3 Å². The quantitative estimate of drug-likeness (QED) is 0.258. The predicted molar refractivity (Wildman–Crippen MR) is 56.2 cm³/mol. The van der Waals surface area contributed by atoms with Crippen molar-refractivity contribution >= 4 is 22.9 Å². The Hall–Kier alpha value is -0.660. The van der Waals surface area contributed by atoms with Crippen molar-refractivity contribution in [1.82, 2.24) is 0 Å². The van der Waals surface area contributed by atoms with E-state index in [1.54, 1.807) is 0 Å². The third kappa shape index (κ3) is 11.3. The van der Waals surface area contributed by atoms with E-state index in [2.05, 4.69) is 4.99 Å². The number of carbonyl (C=O) groups is 1. The number of hydrogen-bond donors (Lipinski definition) is 0. The van der Waals surface area contributed by atoms with Crippen molar-refractivity contribution in [2.75, 3.05) is 6.54 Å². The standard InChI is InChI=1S/C10H16ClNO2/c11-10(14)7-5-3-1-2-4-6-8-12-9-13/h1-8H2. The molecule has 14 heavy (non-hydrogen) atoms. The molecule has 0 heterocycles. The molecular weight excluding hydrogens is 202 g/mol. The van der Waals surface area contributed by atoms with E-state index in [4.69, 9.17) is 11.6 Å². The van der Waals surface area contributed by atoms with E-state index in [0.29, 0.717) is 13.0 Å². The topological polar surface area (TPSA) is 46.5 Å². The number of rotatable bonds is 9. The van der Waals surface area contributed by atoms with Crippen molar-refractivity contribution in [3.63, 3.8) is 0 Å². The van der Waals surface area contributed by atoms with Gasteiger partial charge in [-0.2, -0.15) is 0 Å². The molecule has 0 aliphatic rings. The van der Waals surface area contributed by atoms with E-state index in [9.17, 15) is 9.59 Å². The van der Waals surface area contributed by atoms with E-state index in [-0.39, 0.29) is 5.24 Å². The zero-order valence-electron chi connectivity index (χ0n) is 8.30. The lowest BCUT2D eigenvalue weighted by atomic mass is 10.1. The molecular formula is C10H16ClNO2. The van der Waals surface area contributed by atoms with Gasteiger partial charge in [0.15, 0.2) is 0 Å². The number of nitrogens with zero attached hydrogens (tertiary/aromatic N) is 1. The molecule has 0 unspecified atom stereocenters. The Morgan fingerprint density at radius 3 is 2.21 bits per heavy atom. The van der Waals surface area contributed by atoms with Gasteiger partial charge in [-0.05, 0) is 24.4 Å². The summed E-state index contributed by atoms with van der Waals surface area (Å²) in [5.41, 5.74) is 0. The maximum Gasteiger partial charge on any atom is 0.234 e.